The predicted octanol–water partition coefficient (Wildman–Crippen LogP) is 1.98. The molecule has 2 aliphatic rings. The van der Waals surface area contributed by atoms with Crippen LogP contribution in [0.25, 0.3) is 0 Å². The summed E-state index contributed by atoms with van der Waals surface area (Å²) in [7, 11) is 0. The van der Waals surface area contributed by atoms with Crippen LogP contribution in [0.2, 0.25) is 0 Å². The number of alkyl halides is 3. The van der Waals surface area contributed by atoms with Gasteiger partial charge in [0, 0.05) is 19.8 Å². The van der Waals surface area contributed by atoms with E-state index in [2.05, 4.69) is 5.32 Å². The van der Waals surface area contributed by atoms with Gasteiger partial charge in [-0.2, -0.15) is 13.2 Å². The standard InChI is InChI=1S/C14H23F3N2O2/c15-14(16,17)11-4-2-1-3-10(11)9-19-12(20)13(18)5-7-21-8-6-13/h10-11H,1-9,18H2,(H,19,20). The molecular weight excluding hydrogens is 285 g/mol. The van der Waals surface area contributed by atoms with Gasteiger partial charge in [-0.05, 0) is 31.6 Å². The number of hydrogen-bond acceptors (Lipinski definition) is 3. The molecule has 2 rings (SSSR count). The van der Waals surface area contributed by atoms with Crippen molar-refractivity contribution < 1.29 is 22.7 Å². The van der Waals surface area contributed by atoms with E-state index in [0.717, 1.165) is 6.42 Å². The summed E-state index contributed by atoms with van der Waals surface area (Å²) in [4.78, 5) is 12.1. The van der Waals surface area contributed by atoms with Gasteiger partial charge in [-0.25, -0.2) is 0 Å². The van der Waals surface area contributed by atoms with E-state index in [9.17, 15) is 18.0 Å². The number of halogens is 3. The Balaban J connectivity index is 1.90. The van der Waals surface area contributed by atoms with Crippen LogP contribution in [0.5, 0.6) is 0 Å². The van der Waals surface area contributed by atoms with Crippen LogP contribution < -0.4 is 11.1 Å². The first kappa shape index (κ1) is 16.5. The lowest BCUT2D eigenvalue weighted by Crippen LogP contribution is -2.57. The molecule has 3 N–H and O–H groups in total. The lowest BCUT2D eigenvalue weighted by atomic mass is 9.78. The maximum Gasteiger partial charge on any atom is 0.392 e. The zero-order valence-corrected chi connectivity index (χ0v) is 12.0. The minimum absolute atomic E-state index is 0.0584. The highest BCUT2D eigenvalue weighted by atomic mass is 19.4. The van der Waals surface area contributed by atoms with Gasteiger partial charge >= 0.3 is 6.18 Å². The van der Waals surface area contributed by atoms with Crippen molar-refractivity contribution in [1.29, 1.82) is 0 Å². The van der Waals surface area contributed by atoms with Gasteiger partial charge in [0.25, 0.3) is 0 Å². The van der Waals surface area contributed by atoms with Crippen LogP contribution in [0.3, 0.4) is 0 Å². The third-order valence-corrected chi connectivity index (χ3v) is 4.69. The Labute approximate surface area is 122 Å². The van der Waals surface area contributed by atoms with Gasteiger partial charge in [0.15, 0.2) is 0 Å². The topological polar surface area (TPSA) is 64.4 Å². The maximum atomic E-state index is 13.0. The first-order valence-electron chi connectivity index (χ1n) is 7.54. The van der Waals surface area contributed by atoms with Crippen LogP contribution in [0, 0.1) is 11.8 Å². The summed E-state index contributed by atoms with van der Waals surface area (Å²) in [6.45, 7) is 0.889. The fourth-order valence-electron chi connectivity index (χ4n) is 3.25. The molecule has 1 saturated carbocycles. The summed E-state index contributed by atoms with van der Waals surface area (Å²) in [5, 5.41) is 2.65. The molecule has 1 saturated heterocycles. The molecule has 1 aliphatic heterocycles. The van der Waals surface area contributed by atoms with Crippen LogP contribution in [0.1, 0.15) is 38.5 Å². The lowest BCUT2D eigenvalue weighted by molar-refractivity contribution is -0.196. The smallest absolute Gasteiger partial charge is 0.381 e. The van der Waals surface area contributed by atoms with Crippen molar-refractivity contribution >= 4 is 5.91 Å². The summed E-state index contributed by atoms with van der Waals surface area (Å²) < 4.78 is 44.1. The fourth-order valence-corrected chi connectivity index (χ4v) is 3.25. The van der Waals surface area contributed by atoms with Crippen LogP contribution in [-0.2, 0) is 9.53 Å². The zero-order valence-electron chi connectivity index (χ0n) is 12.0. The molecule has 0 aromatic heterocycles. The van der Waals surface area contributed by atoms with Crippen LogP contribution in [0.15, 0.2) is 0 Å². The molecule has 21 heavy (non-hydrogen) atoms. The molecule has 0 aromatic rings. The summed E-state index contributed by atoms with van der Waals surface area (Å²) >= 11 is 0. The van der Waals surface area contributed by atoms with E-state index < -0.39 is 23.6 Å². The van der Waals surface area contributed by atoms with E-state index in [1.54, 1.807) is 0 Å². The second-order valence-electron chi connectivity index (χ2n) is 6.17. The second kappa shape index (κ2) is 6.52. The number of nitrogens with one attached hydrogen (secondary N) is 1. The number of amides is 1. The van der Waals surface area contributed by atoms with E-state index in [4.69, 9.17) is 10.5 Å². The van der Waals surface area contributed by atoms with Crippen LogP contribution in [-0.4, -0.2) is 37.4 Å². The Hall–Kier alpha value is -0.820. The average molecular weight is 308 g/mol. The highest BCUT2D eigenvalue weighted by Crippen LogP contribution is 2.41. The van der Waals surface area contributed by atoms with Crippen molar-refractivity contribution in [1.82, 2.24) is 5.32 Å². The van der Waals surface area contributed by atoms with E-state index in [0.29, 0.717) is 38.9 Å². The molecule has 1 heterocycles. The first-order valence-corrected chi connectivity index (χ1v) is 7.54. The number of carbonyl (C=O) groups excluding carboxylic acids is 1. The van der Waals surface area contributed by atoms with Crippen molar-refractivity contribution in [3.05, 3.63) is 0 Å². The molecule has 2 unspecified atom stereocenters. The molecule has 0 aromatic carbocycles. The SMILES string of the molecule is NC1(C(=O)NCC2CCCCC2C(F)(F)F)CCOCC1. The van der Waals surface area contributed by atoms with Crippen molar-refractivity contribution in [2.75, 3.05) is 19.8 Å². The predicted molar refractivity (Wildman–Crippen MR) is 71.5 cm³/mol. The maximum absolute atomic E-state index is 13.0. The molecule has 2 atom stereocenters. The van der Waals surface area contributed by atoms with E-state index in [1.165, 1.54) is 0 Å². The molecule has 0 spiro atoms. The number of hydrogen-bond donors (Lipinski definition) is 2. The van der Waals surface area contributed by atoms with Gasteiger partial charge < -0.3 is 15.8 Å². The summed E-state index contributed by atoms with van der Waals surface area (Å²) in [5.74, 6) is -2.20. The Kier molecular flexibility index (Phi) is 5.14. The second-order valence-corrected chi connectivity index (χ2v) is 6.17. The number of rotatable bonds is 3. The molecule has 0 bridgehead atoms. The van der Waals surface area contributed by atoms with Crippen LogP contribution >= 0.6 is 0 Å². The minimum atomic E-state index is -4.19. The van der Waals surface area contributed by atoms with Crippen molar-refractivity contribution in [2.45, 2.75) is 50.2 Å². The Morgan fingerprint density at radius 1 is 1.24 bits per heavy atom. The van der Waals surface area contributed by atoms with E-state index >= 15 is 0 Å². The fraction of sp³-hybridized carbons (Fsp3) is 0.929. The van der Waals surface area contributed by atoms with Gasteiger partial charge in [0.2, 0.25) is 5.91 Å². The number of ether oxygens (including phenoxy) is 1. The molecular formula is C14H23F3N2O2. The van der Waals surface area contributed by atoms with E-state index in [1.807, 2.05) is 0 Å². The Bertz CT molecular complexity index is 368. The lowest BCUT2D eigenvalue weighted by Gasteiger charge is -2.35. The average Bonchev–Trinajstić information content (AvgIpc) is 2.45. The minimum Gasteiger partial charge on any atom is -0.381 e. The normalized spacial score (nSPS) is 29.9. The summed E-state index contributed by atoms with van der Waals surface area (Å²) in [5.41, 5.74) is 5.03. The van der Waals surface area contributed by atoms with Crippen molar-refractivity contribution in [3.8, 4) is 0 Å². The monoisotopic (exact) mass is 308 g/mol. The van der Waals surface area contributed by atoms with Crippen molar-refractivity contribution in [3.63, 3.8) is 0 Å². The third-order valence-electron chi connectivity index (χ3n) is 4.69. The largest absolute Gasteiger partial charge is 0.392 e. The molecule has 4 nitrogen and oxygen atoms in total. The van der Waals surface area contributed by atoms with Gasteiger partial charge in [-0.3, -0.25) is 4.79 Å². The van der Waals surface area contributed by atoms with E-state index in [-0.39, 0.29) is 18.9 Å². The molecule has 1 aliphatic carbocycles. The molecule has 7 heteroatoms. The Morgan fingerprint density at radius 3 is 2.48 bits per heavy atom. The Morgan fingerprint density at radius 2 is 1.86 bits per heavy atom. The quantitative estimate of drug-likeness (QED) is 0.838. The highest BCUT2D eigenvalue weighted by Gasteiger charge is 2.45. The van der Waals surface area contributed by atoms with Crippen LogP contribution in [0.4, 0.5) is 13.2 Å². The summed E-state index contributed by atoms with van der Waals surface area (Å²) in [6.07, 6.45) is -1.31. The molecule has 1 amide bonds. The highest BCUT2D eigenvalue weighted by molar-refractivity contribution is 5.86. The van der Waals surface area contributed by atoms with Crippen molar-refractivity contribution in [2.24, 2.45) is 17.6 Å². The molecule has 122 valence electrons. The van der Waals surface area contributed by atoms with Gasteiger partial charge in [0.1, 0.15) is 0 Å². The van der Waals surface area contributed by atoms with Gasteiger partial charge in [-0.1, -0.05) is 12.8 Å². The summed E-state index contributed by atoms with van der Waals surface area (Å²) in [6, 6.07) is 0. The molecule has 0 radical (unpaired) electrons. The van der Waals surface area contributed by atoms with Gasteiger partial charge in [0.05, 0.1) is 11.5 Å². The number of nitrogens with two attached hydrogens (primary N) is 1. The number of carbonyl (C=O) groups is 1. The van der Waals surface area contributed by atoms with Gasteiger partial charge in [-0.15, -0.1) is 0 Å². The first-order chi connectivity index (χ1) is 9.83. The molecule has 2 fully saturated rings. The zero-order chi connectivity index (χ0) is 15.5. The third kappa shape index (κ3) is 4.10.